The first kappa shape index (κ1) is 14.4. The SMILES string of the molecule is CN(CC(=O)NC1CCCC1)Cc1ccccc1Cl. The van der Waals surface area contributed by atoms with Gasteiger partial charge in [0.05, 0.1) is 6.54 Å². The maximum Gasteiger partial charge on any atom is 0.234 e. The summed E-state index contributed by atoms with van der Waals surface area (Å²) in [4.78, 5) is 13.9. The Morgan fingerprint density at radius 3 is 2.74 bits per heavy atom. The summed E-state index contributed by atoms with van der Waals surface area (Å²) in [5, 5.41) is 3.85. The number of nitrogens with zero attached hydrogens (tertiary/aromatic N) is 1. The highest BCUT2D eigenvalue weighted by Gasteiger charge is 2.17. The van der Waals surface area contributed by atoms with Crippen molar-refractivity contribution in [2.24, 2.45) is 0 Å². The van der Waals surface area contributed by atoms with Gasteiger partial charge in [0, 0.05) is 17.6 Å². The Morgan fingerprint density at radius 2 is 2.05 bits per heavy atom. The molecular formula is C15H21ClN2O. The summed E-state index contributed by atoms with van der Waals surface area (Å²) in [6.45, 7) is 1.11. The van der Waals surface area contributed by atoms with Gasteiger partial charge in [-0.05, 0) is 31.5 Å². The van der Waals surface area contributed by atoms with Crippen molar-refractivity contribution in [3.63, 3.8) is 0 Å². The zero-order chi connectivity index (χ0) is 13.7. The van der Waals surface area contributed by atoms with Gasteiger partial charge in [-0.25, -0.2) is 0 Å². The highest BCUT2D eigenvalue weighted by Crippen LogP contribution is 2.18. The minimum absolute atomic E-state index is 0.112. The lowest BCUT2D eigenvalue weighted by Gasteiger charge is -2.19. The molecule has 1 aromatic carbocycles. The van der Waals surface area contributed by atoms with E-state index in [0.717, 1.165) is 23.4 Å². The molecule has 0 heterocycles. The number of hydrogen-bond acceptors (Lipinski definition) is 2. The molecule has 0 bridgehead atoms. The highest BCUT2D eigenvalue weighted by atomic mass is 35.5. The zero-order valence-electron chi connectivity index (χ0n) is 11.4. The topological polar surface area (TPSA) is 32.3 Å². The monoisotopic (exact) mass is 280 g/mol. The van der Waals surface area contributed by atoms with Crippen LogP contribution in [0.3, 0.4) is 0 Å². The van der Waals surface area contributed by atoms with Crippen molar-refractivity contribution in [2.75, 3.05) is 13.6 Å². The summed E-state index contributed by atoms with van der Waals surface area (Å²) in [6.07, 6.45) is 4.72. The lowest BCUT2D eigenvalue weighted by molar-refractivity contribution is -0.122. The zero-order valence-corrected chi connectivity index (χ0v) is 12.1. The van der Waals surface area contributed by atoms with E-state index in [1.54, 1.807) is 0 Å². The van der Waals surface area contributed by atoms with Crippen LogP contribution in [0.25, 0.3) is 0 Å². The second kappa shape index (κ2) is 6.92. The molecule has 4 heteroatoms. The first-order valence-electron chi connectivity index (χ1n) is 6.86. The molecule has 0 spiro atoms. The number of nitrogens with one attached hydrogen (secondary N) is 1. The van der Waals surface area contributed by atoms with Gasteiger partial charge in [0.25, 0.3) is 0 Å². The number of carbonyl (C=O) groups is 1. The molecule has 1 amide bonds. The molecule has 0 aliphatic heterocycles. The first-order chi connectivity index (χ1) is 9.15. The van der Waals surface area contributed by atoms with Gasteiger partial charge in [0.1, 0.15) is 0 Å². The number of benzene rings is 1. The van der Waals surface area contributed by atoms with Crippen LogP contribution in [0.4, 0.5) is 0 Å². The maximum absolute atomic E-state index is 11.9. The van der Waals surface area contributed by atoms with Gasteiger partial charge in [-0.2, -0.15) is 0 Å². The van der Waals surface area contributed by atoms with Gasteiger partial charge >= 0.3 is 0 Å². The third kappa shape index (κ3) is 4.51. The lowest BCUT2D eigenvalue weighted by Crippen LogP contribution is -2.39. The maximum atomic E-state index is 11.9. The third-order valence-corrected chi connectivity index (χ3v) is 3.90. The number of rotatable bonds is 5. The number of halogens is 1. The Kier molecular flexibility index (Phi) is 5.23. The molecule has 1 fully saturated rings. The van der Waals surface area contributed by atoms with Crippen molar-refractivity contribution < 1.29 is 4.79 Å². The molecule has 0 atom stereocenters. The Labute approximate surface area is 119 Å². The van der Waals surface area contributed by atoms with Crippen LogP contribution in [-0.2, 0) is 11.3 Å². The highest BCUT2D eigenvalue weighted by molar-refractivity contribution is 6.31. The fraction of sp³-hybridized carbons (Fsp3) is 0.533. The number of hydrogen-bond donors (Lipinski definition) is 1. The molecule has 19 heavy (non-hydrogen) atoms. The summed E-state index contributed by atoms with van der Waals surface area (Å²) in [7, 11) is 1.94. The molecule has 1 aromatic rings. The molecule has 0 unspecified atom stereocenters. The number of carbonyl (C=O) groups excluding carboxylic acids is 1. The predicted molar refractivity (Wildman–Crippen MR) is 78.2 cm³/mol. The average molecular weight is 281 g/mol. The number of likely N-dealkylation sites (N-methyl/N-ethyl adjacent to an activating group) is 1. The molecule has 104 valence electrons. The van der Waals surface area contributed by atoms with E-state index in [0.29, 0.717) is 19.1 Å². The molecule has 0 saturated heterocycles. The van der Waals surface area contributed by atoms with Crippen molar-refractivity contribution in [1.82, 2.24) is 10.2 Å². The molecule has 0 aromatic heterocycles. The van der Waals surface area contributed by atoms with Crippen LogP contribution in [0.15, 0.2) is 24.3 Å². The fourth-order valence-corrected chi connectivity index (χ4v) is 2.76. The molecule has 3 nitrogen and oxygen atoms in total. The Balaban J connectivity index is 1.78. The van der Waals surface area contributed by atoms with Gasteiger partial charge in [0.2, 0.25) is 5.91 Å². The van der Waals surface area contributed by atoms with Crippen LogP contribution < -0.4 is 5.32 Å². The van der Waals surface area contributed by atoms with Crippen molar-refractivity contribution in [1.29, 1.82) is 0 Å². The quantitative estimate of drug-likeness (QED) is 0.899. The van der Waals surface area contributed by atoms with E-state index in [-0.39, 0.29) is 5.91 Å². The Morgan fingerprint density at radius 1 is 1.37 bits per heavy atom. The van der Waals surface area contributed by atoms with E-state index in [1.807, 2.05) is 36.2 Å². The van der Waals surface area contributed by atoms with Gasteiger partial charge in [-0.3, -0.25) is 9.69 Å². The minimum Gasteiger partial charge on any atom is -0.352 e. The van der Waals surface area contributed by atoms with Crippen molar-refractivity contribution in [2.45, 2.75) is 38.3 Å². The van der Waals surface area contributed by atoms with Gasteiger partial charge in [0.15, 0.2) is 0 Å². The van der Waals surface area contributed by atoms with Crippen LogP contribution >= 0.6 is 11.6 Å². The van der Waals surface area contributed by atoms with Crippen molar-refractivity contribution in [3.05, 3.63) is 34.9 Å². The number of amides is 1. The van der Waals surface area contributed by atoms with Crippen LogP contribution in [0.5, 0.6) is 0 Å². The van der Waals surface area contributed by atoms with Gasteiger partial charge in [-0.15, -0.1) is 0 Å². The lowest BCUT2D eigenvalue weighted by atomic mass is 10.2. The molecule has 1 N–H and O–H groups in total. The van der Waals surface area contributed by atoms with Crippen LogP contribution in [0, 0.1) is 0 Å². The van der Waals surface area contributed by atoms with E-state index in [1.165, 1.54) is 12.8 Å². The molecule has 1 aliphatic carbocycles. The standard InChI is InChI=1S/C15H21ClN2O/c1-18(10-12-6-2-5-9-14(12)16)11-15(19)17-13-7-3-4-8-13/h2,5-6,9,13H,3-4,7-8,10-11H2,1H3,(H,17,19). The molecule has 2 rings (SSSR count). The fourth-order valence-electron chi connectivity index (χ4n) is 2.56. The summed E-state index contributed by atoms with van der Waals surface area (Å²) in [5.74, 6) is 0.112. The normalized spacial score (nSPS) is 15.9. The molecule has 0 radical (unpaired) electrons. The second-order valence-electron chi connectivity index (χ2n) is 5.31. The summed E-state index contributed by atoms with van der Waals surface area (Å²) < 4.78 is 0. The van der Waals surface area contributed by atoms with Crippen LogP contribution in [0.1, 0.15) is 31.2 Å². The van der Waals surface area contributed by atoms with E-state index >= 15 is 0 Å². The largest absolute Gasteiger partial charge is 0.352 e. The predicted octanol–water partition coefficient (Wildman–Crippen LogP) is 2.83. The Hall–Kier alpha value is -1.06. The first-order valence-corrected chi connectivity index (χ1v) is 7.24. The van der Waals surface area contributed by atoms with Crippen LogP contribution in [0.2, 0.25) is 5.02 Å². The third-order valence-electron chi connectivity index (χ3n) is 3.53. The molecule has 1 aliphatic rings. The summed E-state index contributed by atoms with van der Waals surface area (Å²) in [5.41, 5.74) is 1.06. The minimum atomic E-state index is 0.112. The van der Waals surface area contributed by atoms with Gasteiger partial charge in [-0.1, -0.05) is 42.6 Å². The summed E-state index contributed by atoms with van der Waals surface area (Å²) >= 11 is 6.12. The van der Waals surface area contributed by atoms with E-state index in [4.69, 9.17) is 11.6 Å². The van der Waals surface area contributed by atoms with Crippen molar-refractivity contribution >= 4 is 17.5 Å². The second-order valence-corrected chi connectivity index (χ2v) is 5.72. The van der Waals surface area contributed by atoms with E-state index in [9.17, 15) is 4.79 Å². The van der Waals surface area contributed by atoms with Crippen molar-refractivity contribution in [3.8, 4) is 0 Å². The molecular weight excluding hydrogens is 260 g/mol. The van der Waals surface area contributed by atoms with Crippen LogP contribution in [-0.4, -0.2) is 30.4 Å². The molecule has 1 saturated carbocycles. The smallest absolute Gasteiger partial charge is 0.234 e. The van der Waals surface area contributed by atoms with E-state index < -0.39 is 0 Å². The Bertz CT molecular complexity index is 430. The van der Waals surface area contributed by atoms with Gasteiger partial charge < -0.3 is 5.32 Å². The summed E-state index contributed by atoms with van der Waals surface area (Å²) in [6, 6.07) is 8.14. The van der Waals surface area contributed by atoms with E-state index in [2.05, 4.69) is 5.32 Å². The average Bonchev–Trinajstić information content (AvgIpc) is 2.84.